The Morgan fingerprint density at radius 3 is 1.71 bits per heavy atom. The second kappa shape index (κ2) is 5.21. The van der Waals surface area contributed by atoms with Crippen LogP contribution in [0.3, 0.4) is 0 Å². The number of hydrogen-bond acceptors (Lipinski definition) is 0. The number of rotatable bonds is 2. The van der Waals surface area contributed by atoms with Gasteiger partial charge in [0.05, 0.1) is 5.92 Å². The van der Waals surface area contributed by atoms with E-state index in [4.69, 9.17) is 0 Å². The predicted molar refractivity (Wildman–Crippen MR) is 77.1 cm³/mol. The van der Waals surface area contributed by atoms with Crippen LogP contribution in [0.2, 0.25) is 0 Å². The molecule has 0 nitrogen and oxygen atoms in total. The highest BCUT2D eigenvalue weighted by Crippen LogP contribution is 2.56. The maximum atomic E-state index is 13.6. The largest absolute Gasteiger partial charge is 0.392 e. The van der Waals surface area contributed by atoms with Gasteiger partial charge in [0.2, 0.25) is 0 Å². The molecular formula is C18H17F3. The predicted octanol–water partition coefficient (Wildman–Crippen LogP) is 5.34. The van der Waals surface area contributed by atoms with E-state index in [0.29, 0.717) is 12.8 Å². The summed E-state index contributed by atoms with van der Waals surface area (Å²) in [7, 11) is 0. The molecule has 0 bridgehead atoms. The molecule has 3 heteroatoms. The molecule has 110 valence electrons. The third kappa shape index (κ3) is 2.35. The number of hydrogen-bond donors (Lipinski definition) is 0. The number of halogens is 3. The molecule has 1 saturated carbocycles. The van der Waals surface area contributed by atoms with Gasteiger partial charge in [0.1, 0.15) is 0 Å². The molecule has 1 fully saturated rings. The zero-order valence-corrected chi connectivity index (χ0v) is 11.6. The average Bonchev–Trinajstić information content (AvgIpc) is 2.95. The summed E-state index contributed by atoms with van der Waals surface area (Å²) < 4.78 is 40.9. The Balaban J connectivity index is 2.21. The van der Waals surface area contributed by atoms with E-state index < -0.39 is 17.5 Å². The Kier molecular flexibility index (Phi) is 3.52. The minimum Gasteiger partial charge on any atom is -0.171 e. The zero-order chi connectivity index (χ0) is 14.9. The highest BCUT2D eigenvalue weighted by molar-refractivity contribution is 5.42. The van der Waals surface area contributed by atoms with E-state index in [1.54, 1.807) is 0 Å². The van der Waals surface area contributed by atoms with Crippen LogP contribution in [-0.4, -0.2) is 6.18 Å². The lowest BCUT2D eigenvalue weighted by atomic mass is 9.67. The molecule has 0 spiro atoms. The van der Waals surface area contributed by atoms with Crippen LogP contribution in [0.25, 0.3) is 0 Å². The van der Waals surface area contributed by atoms with Gasteiger partial charge in [0.15, 0.2) is 0 Å². The van der Waals surface area contributed by atoms with Crippen LogP contribution in [0.1, 0.15) is 30.4 Å². The van der Waals surface area contributed by atoms with Crippen molar-refractivity contribution in [1.82, 2.24) is 0 Å². The molecule has 1 unspecified atom stereocenters. The normalized spacial score (nSPS) is 21.4. The van der Waals surface area contributed by atoms with Crippen LogP contribution in [0.15, 0.2) is 60.7 Å². The van der Waals surface area contributed by atoms with Gasteiger partial charge in [0, 0.05) is 5.41 Å². The van der Waals surface area contributed by atoms with Crippen molar-refractivity contribution in [3.8, 4) is 0 Å². The Morgan fingerprint density at radius 1 is 0.810 bits per heavy atom. The minimum absolute atomic E-state index is 0.202. The summed E-state index contributed by atoms with van der Waals surface area (Å²) in [6.07, 6.45) is -2.82. The summed E-state index contributed by atoms with van der Waals surface area (Å²) in [5.41, 5.74) is 0.605. The SMILES string of the molecule is FC(F)(F)C1CCCC1(c1ccccc1)c1ccccc1. The zero-order valence-electron chi connectivity index (χ0n) is 11.6. The Morgan fingerprint density at radius 2 is 1.29 bits per heavy atom. The summed E-state index contributed by atoms with van der Waals surface area (Å²) in [6.45, 7) is 0. The van der Waals surface area contributed by atoms with Gasteiger partial charge in [-0.2, -0.15) is 13.2 Å². The first-order chi connectivity index (χ1) is 10.0. The second-order valence-corrected chi connectivity index (χ2v) is 5.69. The molecule has 1 aliphatic rings. The van der Waals surface area contributed by atoms with E-state index in [-0.39, 0.29) is 6.42 Å². The van der Waals surface area contributed by atoms with Crippen molar-refractivity contribution < 1.29 is 13.2 Å². The van der Waals surface area contributed by atoms with Gasteiger partial charge >= 0.3 is 6.18 Å². The molecule has 0 amide bonds. The van der Waals surface area contributed by atoms with E-state index in [0.717, 1.165) is 11.1 Å². The maximum Gasteiger partial charge on any atom is 0.392 e. The molecule has 0 saturated heterocycles. The first kappa shape index (κ1) is 14.2. The standard InChI is InChI=1S/C18H17F3/c19-18(20,21)16-12-7-13-17(16,14-8-3-1-4-9-14)15-10-5-2-6-11-15/h1-6,8-11,16H,7,12-13H2. The molecular weight excluding hydrogens is 273 g/mol. The van der Waals surface area contributed by atoms with Gasteiger partial charge < -0.3 is 0 Å². The summed E-state index contributed by atoms with van der Waals surface area (Å²) in [5.74, 6) is -1.31. The molecule has 0 heterocycles. The lowest BCUT2D eigenvalue weighted by molar-refractivity contribution is -0.184. The van der Waals surface area contributed by atoms with E-state index in [1.165, 1.54) is 0 Å². The Hall–Kier alpha value is -1.77. The lowest BCUT2D eigenvalue weighted by Crippen LogP contribution is -2.40. The fourth-order valence-electron chi connectivity index (χ4n) is 3.78. The number of benzene rings is 2. The smallest absolute Gasteiger partial charge is 0.171 e. The van der Waals surface area contributed by atoms with Crippen molar-refractivity contribution in [2.45, 2.75) is 30.9 Å². The molecule has 1 aliphatic carbocycles. The fourth-order valence-corrected chi connectivity index (χ4v) is 3.78. The van der Waals surface area contributed by atoms with Gasteiger partial charge in [-0.15, -0.1) is 0 Å². The summed E-state index contributed by atoms with van der Waals surface area (Å²) in [4.78, 5) is 0. The average molecular weight is 290 g/mol. The van der Waals surface area contributed by atoms with E-state index in [1.807, 2.05) is 60.7 Å². The highest BCUT2D eigenvalue weighted by Gasteiger charge is 2.57. The van der Waals surface area contributed by atoms with Gasteiger partial charge in [-0.25, -0.2) is 0 Å². The molecule has 21 heavy (non-hydrogen) atoms. The van der Waals surface area contributed by atoms with Crippen molar-refractivity contribution in [3.63, 3.8) is 0 Å². The molecule has 0 radical (unpaired) electrons. The van der Waals surface area contributed by atoms with Crippen LogP contribution in [0.5, 0.6) is 0 Å². The maximum absolute atomic E-state index is 13.6. The van der Waals surface area contributed by atoms with Crippen molar-refractivity contribution in [1.29, 1.82) is 0 Å². The van der Waals surface area contributed by atoms with Crippen molar-refractivity contribution >= 4 is 0 Å². The highest BCUT2D eigenvalue weighted by atomic mass is 19.4. The van der Waals surface area contributed by atoms with Gasteiger partial charge in [0.25, 0.3) is 0 Å². The van der Waals surface area contributed by atoms with Crippen LogP contribution in [-0.2, 0) is 5.41 Å². The second-order valence-electron chi connectivity index (χ2n) is 5.69. The molecule has 0 aromatic heterocycles. The molecule has 0 N–H and O–H groups in total. The monoisotopic (exact) mass is 290 g/mol. The van der Waals surface area contributed by atoms with Crippen molar-refractivity contribution in [2.24, 2.45) is 5.92 Å². The fraction of sp³-hybridized carbons (Fsp3) is 0.333. The van der Waals surface area contributed by atoms with E-state index in [2.05, 4.69) is 0 Å². The van der Waals surface area contributed by atoms with Gasteiger partial charge in [-0.3, -0.25) is 0 Å². The van der Waals surface area contributed by atoms with Crippen LogP contribution < -0.4 is 0 Å². The van der Waals surface area contributed by atoms with Gasteiger partial charge in [-0.05, 0) is 24.0 Å². The Bertz CT molecular complexity index is 547. The topological polar surface area (TPSA) is 0 Å². The summed E-state index contributed by atoms with van der Waals surface area (Å²) in [5, 5.41) is 0. The van der Waals surface area contributed by atoms with E-state index >= 15 is 0 Å². The minimum atomic E-state index is -4.18. The summed E-state index contributed by atoms with van der Waals surface area (Å²) in [6, 6.07) is 18.3. The molecule has 0 aliphatic heterocycles. The third-order valence-corrected chi connectivity index (χ3v) is 4.63. The summed E-state index contributed by atoms with van der Waals surface area (Å²) >= 11 is 0. The first-order valence-corrected chi connectivity index (χ1v) is 7.23. The molecule has 2 aromatic rings. The third-order valence-electron chi connectivity index (χ3n) is 4.63. The molecule has 3 rings (SSSR count). The van der Waals surface area contributed by atoms with Crippen molar-refractivity contribution in [3.05, 3.63) is 71.8 Å². The van der Waals surface area contributed by atoms with Crippen LogP contribution >= 0.6 is 0 Å². The van der Waals surface area contributed by atoms with Crippen LogP contribution in [0, 0.1) is 5.92 Å². The number of alkyl halides is 3. The quantitative estimate of drug-likeness (QED) is 0.700. The molecule has 1 atom stereocenters. The lowest BCUT2D eigenvalue weighted by Gasteiger charge is -2.38. The molecule has 2 aromatic carbocycles. The van der Waals surface area contributed by atoms with Crippen LogP contribution in [0.4, 0.5) is 13.2 Å². The Labute approximate surface area is 122 Å². The van der Waals surface area contributed by atoms with E-state index in [9.17, 15) is 13.2 Å². The van der Waals surface area contributed by atoms with Crippen molar-refractivity contribution in [2.75, 3.05) is 0 Å². The van der Waals surface area contributed by atoms with Gasteiger partial charge in [-0.1, -0.05) is 67.1 Å². The first-order valence-electron chi connectivity index (χ1n) is 7.23.